The molecule has 174 valence electrons. The number of benzene rings is 4. The van der Waals surface area contributed by atoms with E-state index in [1.165, 1.54) is 19.2 Å². The maximum absolute atomic E-state index is 14.6. The first-order chi connectivity index (χ1) is 16.8. The van der Waals surface area contributed by atoms with Crippen LogP contribution in [0.1, 0.15) is 27.8 Å². The van der Waals surface area contributed by atoms with Gasteiger partial charge in [0.1, 0.15) is 29.1 Å². The molecule has 4 aromatic rings. The Morgan fingerprint density at radius 1 is 0.600 bits per heavy atom. The third-order valence-corrected chi connectivity index (χ3v) is 5.20. The molecule has 0 spiro atoms. The molecule has 6 heteroatoms. The van der Waals surface area contributed by atoms with E-state index in [1.54, 1.807) is 24.3 Å². The molecule has 0 N–H and O–H groups in total. The number of fused-ring (bicyclic) bond motifs is 1. The molecule has 0 fully saturated rings. The minimum Gasteiger partial charge on any atom is -0.384 e. The van der Waals surface area contributed by atoms with Gasteiger partial charge in [-0.1, -0.05) is 35.8 Å². The van der Waals surface area contributed by atoms with Crippen molar-refractivity contribution >= 4 is 10.8 Å². The Hall–Kier alpha value is -4.13. The fourth-order valence-corrected chi connectivity index (χ4v) is 3.44. The highest BCUT2D eigenvalue weighted by Crippen LogP contribution is 2.19. The Kier molecular flexibility index (Phi) is 7.15. The quantitative estimate of drug-likeness (QED) is 0.242. The van der Waals surface area contributed by atoms with Crippen molar-refractivity contribution in [2.75, 3.05) is 13.7 Å². The van der Waals surface area contributed by atoms with Gasteiger partial charge in [-0.05, 0) is 71.3 Å². The summed E-state index contributed by atoms with van der Waals surface area (Å²) in [5.41, 5.74) is -0.153. The van der Waals surface area contributed by atoms with E-state index in [0.717, 1.165) is 29.7 Å². The van der Waals surface area contributed by atoms with Crippen LogP contribution in [0.4, 0.5) is 22.0 Å². The molecule has 0 aliphatic rings. The van der Waals surface area contributed by atoms with Gasteiger partial charge in [-0.15, -0.1) is 0 Å². The molecule has 4 aromatic carbocycles. The molecule has 0 saturated carbocycles. The molecule has 0 aliphatic heterocycles. The third kappa shape index (κ3) is 5.69. The molecule has 35 heavy (non-hydrogen) atoms. The summed E-state index contributed by atoms with van der Waals surface area (Å²) >= 11 is 0. The summed E-state index contributed by atoms with van der Waals surface area (Å²) in [6.45, 7) is 0.304. The van der Waals surface area contributed by atoms with Gasteiger partial charge < -0.3 is 4.74 Å². The van der Waals surface area contributed by atoms with Crippen molar-refractivity contribution in [1.82, 2.24) is 0 Å². The summed E-state index contributed by atoms with van der Waals surface area (Å²) in [6, 6.07) is 13.4. The van der Waals surface area contributed by atoms with Crippen LogP contribution in [0.15, 0.2) is 60.7 Å². The highest BCUT2D eigenvalue weighted by atomic mass is 19.1. The van der Waals surface area contributed by atoms with Crippen LogP contribution in [0.2, 0.25) is 0 Å². The van der Waals surface area contributed by atoms with Gasteiger partial charge in [0, 0.05) is 18.2 Å². The van der Waals surface area contributed by atoms with Crippen LogP contribution >= 0.6 is 0 Å². The smallest absolute Gasteiger partial charge is 0.143 e. The minimum atomic E-state index is -0.958. The molecule has 1 nitrogen and oxygen atoms in total. The highest BCUT2D eigenvalue weighted by Gasteiger charge is 2.11. The average Bonchev–Trinajstić information content (AvgIpc) is 2.81. The largest absolute Gasteiger partial charge is 0.384 e. The lowest BCUT2D eigenvalue weighted by atomic mass is 10.1. The van der Waals surface area contributed by atoms with Crippen molar-refractivity contribution < 1.29 is 26.7 Å². The monoisotopic (exact) mass is 476 g/mol. The summed E-state index contributed by atoms with van der Waals surface area (Å²) in [4.78, 5) is 0. The summed E-state index contributed by atoms with van der Waals surface area (Å²) in [6.07, 6.45) is 0.328. The third-order valence-electron chi connectivity index (χ3n) is 5.20. The lowest BCUT2D eigenvalue weighted by molar-refractivity contribution is 0.202. The molecular formula is C29H17F5O. The number of hydrogen-bond donors (Lipinski definition) is 0. The van der Waals surface area contributed by atoms with E-state index in [0.29, 0.717) is 29.5 Å². The van der Waals surface area contributed by atoms with E-state index < -0.39 is 34.4 Å². The second-order valence-corrected chi connectivity index (χ2v) is 7.70. The second-order valence-electron chi connectivity index (χ2n) is 7.70. The summed E-state index contributed by atoms with van der Waals surface area (Å²) in [5, 5.41) is 1.41. The zero-order valence-corrected chi connectivity index (χ0v) is 18.5. The van der Waals surface area contributed by atoms with Crippen LogP contribution in [0.3, 0.4) is 0 Å². The van der Waals surface area contributed by atoms with Crippen LogP contribution in [-0.2, 0) is 11.2 Å². The molecule has 0 bridgehead atoms. The molecule has 0 unspecified atom stereocenters. The summed E-state index contributed by atoms with van der Waals surface area (Å²) < 4.78 is 75.9. The average molecular weight is 476 g/mol. The molecule has 4 rings (SSSR count). The van der Waals surface area contributed by atoms with Gasteiger partial charge >= 0.3 is 0 Å². The van der Waals surface area contributed by atoms with Crippen molar-refractivity contribution in [1.29, 1.82) is 0 Å². The van der Waals surface area contributed by atoms with E-state index in [2.05, 4.69) is 23.7 Å². The van der Waals surface area contributed by atoms with Crippen molar-refractivity contribution in [3.05, 3.63) is 118 Å². The molecule has 0 heterocycles. The van der Waals surface area contributed by atoms with Gasteiger partial charge in [-0.25, -0.2) is 22.0 Å². The SMILES string of the molecule is COCCc1cc(F)c(C#Cc2cc(F)c(C#Cc3ccc4cc(F)ccc4c3)c(F)c2)c(F)c1. The number of rotatable bonds is 3. The molecule has 0 aliphatic carbocycles. The Morgan fingerprint density at radius 3 is 1.77 bits per heavy atom. The van der Waals surface area contributed by atoms with E-state index in [1.807, 2.05) is 0 Å². The van der Waals surface area contributed by atoms with Crippen molar-refractivity contribution in [2.24, 2.45) is 0 Å². The Morgan fingerprint density at radius 2 is 1.14 bits per heavy atom. The van der Waals surface area contributed by atoms with Crippen molar-refractivity contribution in [3.8, 4) is 23.7 Å². The van der Waals surface area contributed by atoms with Crippen LogP contribution in [0.5, 0.6) is 0 Å². The van der Waals surface area contributed by atoms with E-state index in [4.69, 9.17) is 4.74 Å². The van der Waals surface area contributed by atoms with E-state index in [-0.39, 0.29) is 11.4 Å². The molecule has 0 saturated heterocycles. The normalized spacial score (nSPS) is 10.5. The van der Waals surface area contributed by atoms with Gasteiger partial charge in [-0.2, -0.15) is 0 Å². The van der Waals surface area contributed by atoms with Gasteiger partial charge in [0.25, 0.3) is 0 Å². The minimum absolute atomic E-state index is 0.0967. The maximum atomic E-state index is 14.6. The maximum Gasteiger partial charge on any atom is 0.143 e. The summed E-state index contributed by atoms with van der Waals surface area (Å²) in [5.74, 6) is 5.84. The molecule has 0 atom stereocenters. The lowest BCUT2D eigenvalue weighted by Gasteiger charge is -2.04. The van der Waals surface area contributed by atoms with Crippen LogP contribution in [0.25, 0.3) is 10.8 Å². The van der Waals surface area contributed by atoms with Crippen LogP contribution < -0.4 is 0 Å². The zero-order chi connectivity index (χ0) is 24.9. The van der Waals surface area contributed by atoms with Gasteiger partial charge in [0.2, 0.25) is 0 Å². The van der Waals surface area contributed by atoms with Gasteiger partial charge in [0.15, 0.2) is 0 Å². The predicted octanol–water partition coefficient (Wildman–Crippen LogP) is 6.52. The van der Waals surface area contributed by atoms with E-state index in [9.17, 15) is 22.0 Å². The topological polar surface area (TPSA) is 9.23 Å². The van der Waals surface area contributed by atoms with Gasteiger partial charge in [0.05, 0.1) is 17.7 Å². The van der Waals surface area contributed by atoms with Gasteiger partial charge in [-0.3, -0.25) is 0 Å². The molecule has 0 aromatic heterocycles. The summed E-state index contributed by atoms with van der Waals surface area (Å²) in [7, 11) is 1.48. The fraction of sp³-hybridized carbons (Fsp3) is 0.103. The standard InChI is InChI=1S/C29H17F5O/c1-35-11-10-20-15-28(33)25(29(34)16-20)9-4-19-13-26(31)24(27(32)14-19)8-3-18-2-5-22-17-23(30)7-6-21(22)12-18/h2,5-7,12-17H,10-11H2,1H3. The van der Waals surface area contributed by atoms with Crippen LogP contribution in [0, 0.1) is 52.8 Å². The van der Waals surface area contributed by atoms with Crippen molar-refractivity contribution in [3.63, 3.8) is 0 Å². The second kappa shape index (κ2) is 10.4. The Balaban J connectivity index is 1.60. The highest BCUT2D eigenvalue weighted by molar-refractivity contribution is 5.84. The fourth-order valence-electron chi connectivity index (χ4n) is 3.44. The van der Waals surface area contributed by atoms with Crippen molar-refractivity contribution in [2.45, 2.75) is 6.42 Å². The predicted molar refractivity (Wildman–Crippen MR) is 124 cm³/mol. The number of ether oxygens (including phenoxy) is 1. The molecule has 0 radical (unpaired) electrons. The first-order valence-electron chi connectivity index (χ1n) is 10.5. The number of hydrogen-bond acceptors (Lipinski definition) is 1. The van der Waals surface area contributed by atoms with Crippen LogP contribution in [-0.4, -0.2) is 13.7 Å². The number of methoxy groups -OCH3 is 1. The molecule has 0 amide bonds. The first-order valence-corrected chi connectivity index (χ1v) is 10.5. The molecular weight excluding hydrogens is 459 g/mol. The number of halogens is 5. The Bertz CT molecular complexity index is 1500. The first kappa shape index (κ1) is 24.0. The van der Waals surface area contributed by atoms with E-state index >= 15 is 0 Å². The zero-order valence-electron chi connectivity index (χ0n) is 18.5. The Labute approximate surface area is 199 Å². The lowest BCUT2D eigenvalue weighted by Crippen LogP contribution is -1.99.